The molecule has 0 saturated heterocycles. The van der Waals surface area contributed by atoms with E-state index in [9.17, 15) is 4.79 Å². The van der Waals surface area contributed by atoms with Crippen LogP contribution in [0.4, 0.5) is 0 Å². The summed E-state index contributed by atoms with van der Waals surface area (Å²) in [6.07, 6.45) is 1.36. The van der Waals surface area contributed by atoms with Crippen LogP contribution >= 0.6 is 33.2 Å². The van der Waals surface area contributed by atoms with Crippen LogP contribution in [0.3, 0.4) is 0 Å². The third kappa shape index (κ3) is 8.47. The van der Waals surface area contributed by atoms with Crippen molar-refractivity contribution in [2.75, 3.05) is 6.54 Å². The summed E-state index contributed by atoms with van der Waals surface area (Å²) in [6.45, 7) is 0.270. The summed E-state index contributed by atoms with van der Waals surface area (Å²) in [7, 11) is 0. The summed E-state index contributed by atoms with van der Waals surface area (Å²) in [5.74, 6) is 0. The molecule has 0 bridgehead atoms. The number of isocyanates is 1. The standard InChI is InChI=1S/C3H4Cl3NOSi/c4-9(5,6)2-1-7-3-8/h1-2H2. The molecule has 0 N–H and O–H groups in total. The fraction of sp³-hybridized carbons (Fsp3) is 0.667. The van der Waals surface area contributed by atoms with Gasteiger partial charge in [0.2, 0.25) is 6.08 Å². The smallest absolute Gasteiger partial charge is 0.211 e. The Kier molecular flexibility index (Phi) is 4.53. The summed E-state index contributed by atoms with van der Waals surface area (Å²) in [6, 6.07) is -2.17. The average molecular weight is 205 g/mol. The van der Waals surface area contributed by atoms with Crippen LogP contribution < -0.4 is 0 Å². The van der Waals surface area contributed by atoms with Crippen molar-refractivity contribution >= 4 is 45.3 Å². The topological polar surface area (TPSA) is 29.4 Å². The molecule has 0 aliphatic heterocycles. The largest absolute Gasteiger partial charge is 0.343 e. The SMILES string of the molecule is O=C=NCC[Si](Cl)(Cl)Cl. The van der Waals surface area contributed by atoms with Crippen LogP contribution in [-0.4, -0.2) is 18.6 Å². The number of hydrogen-bond donors (Lipinski definition) is 0. The Bertz CT molecular complexity index is 128. The van der Waals surface area contributed by atoms with Crippen molar-refractivity contribution in [3.8, 4) is 0 Å². The minimum atomic E-state index is -2.55. The lowest BCUT2D eigenvalue weighted by molar-refractivity contribution is 0.563. The van der Waals surface area contributed by atoms with E-state index >= 15 is 0 Å². The van der Waals surface area contributed by atoms with Gasteiger partial charge in [0.25, 0.3) is 0 Å². The Balaban J connectivity index is 3.39. The van der Waals surface area contributed by atoms with Gasteiger partial charge in [-0.3, -0.25) is 0 Å². The van der Waals surface area contributed by atoms with Gasteiger partial charge in [0, 0.05) is 6.04 Å². The maximum absolute atomic E-state index is 9.49. The van der Waals surface area contributed by atoms with Crippen LogP contribution in [0.1, 0.15) is 0 Å². The fourth-order valence-corrected chi connectivity index (χ4v) is 1.35. The van der Waals surface area contributed by atoms with Crippen molar-refractivity contribution in [2.45, 2.75) is 6.04 Å². The Morgan fingerprint density at radius 1 is 1.44 bits per heavy atom. The van der Waals surface area contributed by atoms with Gasteiger partial charge in [-0.1, -0.05) is 0 Å². The van der Waals surface area contributed by atoms with Gasteiger partial charge in [-0.15, -0.1) is 33.2 Å². The molecule has 0 aromatic carbocycles. The highest BCUT2D eigenvalue weighted by Gasteiger charge is 2.23. The highest BCUT2D eigenvalue weighted by atomic mass is 35.8. The monoisotopic (exact) mass is 203 g/mol. The molecule has 2 nitrogen and oxygen atoms in total. The number of nitrogens with zero attached hydrogens (tertiary/aromatic N) is 1. The van der Waals surface area contributed by atoms with E-state index in [0.717, 1.165) is 0 Å². The summed E-state index contributed by atoms with van der Waals surface area (Å²) in [4.78, 5) is 12.7. The van der Waals surface area contributed by atoms with Gasteiger partial charge in [0.1, 0.15) is 0 Å². The molecule has 52 valence electrons. The van der Waals surface area contributed by atoms with E-state index in [-0.39, 0.29) is 6.54 Å². The Morgan fingerprint density at radius 2 is 2.00 bits per heavy atom. The van der Waals surface area contributed by atoms with Crippen molar-refractivity contribution < 1.29 is 4.79 Å². The van der Waals surface area contributed by atoms with Crippen molar-refractivity contribution in [1.29, 1.82) is 0 Å². The normalized spacial score (nSPS) is 10.6. The molecule has 0 atom stereocenters. The van der Waals surface area contributed by atoms with Crippen LogP contribution in [0.25, 0.3) is 0 Å². The molecule has 0 amide bonds. The number of rotatable bonds is 3. The molecule has 0 rings (SSSR count). The lowest BCUT2D eigenvalue weighted by Gasteiger charge is -2.01. The number of halogens is 3. The van der Waals surface area contributed by atoms with Crippen LogP contribution in [0, 0.1) is 0 Å². The predicted octanol–water partition coefficient (Wildman–Crippen LogP) is 1.98. The van der Waals surface area contributed by atoms with Gasteiger partial charge in [-0.05, 0) is 0 Å². The lowest BCUT2D eigenvalue weighted by atomic mass is 10.8. The van der Waals surface area contributed by atoms with Gasteiger partial charge in [-0.2, -0.15) is 0 Å². The molecule has 9 heavy (non-hydrogen) atoms. The van der Waals surface area contributed by atoms with Gasteiger partial charge < -0.3 is 0 Å². The third-order valence-electron chi connectivity index (χ3n) is 0.572. The Morgan fingerprint density at radius 3 is 2.33 bits per heavy atom. The van der Waals surface area contributed by atoms with Gasteiger partial charge in [-0.25, -0.2) is 9.79 Å². The fourth-order valence-electron chi connectivity index (χ4n) is 0.228. The highest BCUT2D eigenvalue weighted by Crippen LogP contribution is 2.24. The molecule has 0 aliphatic rings. The van der Waals surface area contributed by atoms with Crippen LogP contribution in [-0.2, 0) is 4.79 Å². The molecule has 0 saturated carbocycles. The molecule has 0 spiro atoms. The van der Waals surface area contributed by atoms with Crippen molar-refractivity contribution in [3.63, 3.8) is 0 Å². The zero-order chi connectivity index (χ0) is 7.33. The quantitative estimate of drug-likeness (QED) is 0.299. The summed E-state index contributed by atoms with van der Waals surface area (Å²) in [5, 5.41) is 0. The zero-order valence-corrected chi connectivity index (χ0v) is 7.67. The molecule has 0 aromatic rings. The molecule has 0 heterocycles. The number of aliphatic imine (C=N–C) groups is 1. The van der Waals surface area contributed by atoms with Gasteiger partial charge in [0.05, 0.1) is 6.54 Å². The minimum Gasteiger partial charge on any atom is -0.211 e. The first-order valence-corrected chi connectivity index (χ1v) is 7.41. The maximum Gasteiger partial charge on any atom is 0.343 e. The van der Waals surface area contributed by atoms with Crippen LogP contribution in [0.15, 0.2) is 4.99 Å². The molecule has 6 heteroatoms. The first-order chi connectivity index (χ1) is 4.06. The first-order valence-electron chi connectivity index (χ1n) is 2.16. The number of carbonyl (C=O) groups excluding carboxylic acids is 1. The average Bonchev–Trinajstić information content (AvgIpc) is 1.63. The lowest BCUT2D eigenvalue weighted by Crippen LogP contribution is -2.09. The van der Waals surface area contributed by atoms with Crippen LogP contribution in [0.5, 0.6) is 0 Å². The highest BCUT2D eigenvalue weighted by molar-refractivity contribution is 7.64. The summed E-state index contributed by atoms with van der Waals surface area (Å²) >= 11 is 16.3. The molecule has 0 aromatic heterocycles. The van der Waals surface area contributed by atoms with Crippen molar-refractivity contribution in [3.05, 3.63) is 0 Å². The predicted molar refractivity (Wildman–Crippen MR) is 41.1 cm³/mol. The molecular weight excluding hydrogens is 200 g/mol. The van der Waals surface area contributed by atoms with E-state index < -0.39 is 6.00 Å². The second-order valence-corrected chi connectivity index (χ2v) is 10.6. The molecular formula is C3H4Cl3NOSi. The Labute approximate surface area is 67.9 Å². The van der Waals surface area contributed by atoms with E-state index in [1.807, 2.05) is 0 Å². The number of hydrogen-bond acceptors (Lipinski definition) is 2. The van der Waals surface area contributed by atoms with Crippen molar-refractivity contribution in [1.82, 2.24) is 0 Å². The minimum absolute atomic E-state index is 0.270. The molecule has 0 aliphatic carbocycles. The van der Waals surface area contributed by atoms with E-state index in [2.05, 4.69) is 4.99 Å². The van der Waals surface area contributed by atoms with Crippen molar-refractivity contribution in [2.24, 2.45) is 4.99 Å². The second kappa shape index (κ2) is 4.31. The second-order valence-electron chi connectivity index (χ2n) is 1.34. The van der Waals surface area contributed by atoms with Gasteiger partial charge >= 0.3 is 6.00 Å². The maximum atomic E-state index is 9.49. The zero-order valence-electron chi connectivity index (χ0n) is 4.40. The van der Waals surface area contributed by atoms with E-state index in [4.69, 9.17) is 33.2 Å². The third-order valence-corrected chi connectivity index (χ3v) is 3.06. The summed E-state index contributed by atoms with van der Waals surface area (Å²) < 4.78 is 0. The van der Waals surface area contributed by atoms with E-state index in [1.54, 1.807) is 0 Å². The molecule has 0 fully saturated rings. The van der Waals surface area contributed by atoms with E-state index in [1.165, 1.54) is 6.08 Å². The van der Waals surface area contributed by atoms with Crippen LogP contribution in [0.2, 0.25) is 6.04 Å². The Hall–Kier alpha value is 0.467. The summed E-state index contributed by atoms with van der Waals surface area (Å²) in [5.41, 5.74) is 0. The first kappa shape index (κ1) is 9.47. The van der Waals surface area contributed by atoms with E-state index in [0.29, 0.717) is 6.04 Å². The molecule has 0 unspecified atom stereocenters. The molecule has 0 radical (unpaired) electrons. The van der Waals surface area contributed by atoms with Gasteiger partial charge in [0.15, 0.2) is 0 Å².